The second-order valence-corrected chi connectivity index (χ2v) is 6.52. The summed E-state index contributed by atoms with van der Waals surface area (Å²) in [6.07, 6.45) is 2.31. The highest BCUT2D eigenvalue weighted by Crippen LogP contribution is 2.14. The van der Waals surface area contributed by atoms with Gasteiger partial charge in [-0.05, 0) is 12.5 Å². The first-order chi connectivity index (χ1) is 7.57. The molecule has 0 bridgehead atoms. The van der Waals surface area contributed by atoms with Crippen molar-refractivity contribution < 1.29 is 8.42 Å². The van der Waals surface area contributed by atoms with Gasteiger partial charge in [-0.25, -0.2) is 13.4 Å². The minimum absolute atomic E-state index is 0.0428. The third-order valence-electron chi connectivity index (χ3n) is 2.65. The molecule has 0 aromatic carbocycles. The smallest absolute Gasteiger partial charge is 0.151 e. The Balaban J connectivity index is 1.92. The van der Waals surface area contributed by atoms with Crippen molar-refractivity contribution in [3.05, 3.63) is 29.0 Å². The fourth-order valence-corrected chi connectivity index (χ4v) is 3.66. The average molecular weight is 261 g/mol. The Bertz CT molecular complexity index is 475. The maximum Gasteiger partial charge on any atom is 0.151 e. The van der Waals surface area contributed by atoms with Gasteiger partial charge in [-0.2, -0.15) is 0 Å². The molecular weight excluding hydrogens is 248 g/mol. The molecule has 0 spiro atoms. The summed E-state index contributed by atoms with van der Waals surface area (Å²) in [6, 6.07) is 3.74. The van der Waals surface area contributed by atoms with Gasteiger partial charge in [0.1, 0.15) is 5.15 Å². The van der Waals surface area contributed by atoms with Gasteiger partial charge in [0.25, 0.3) is 0 Å². The number of hydrogen-bond acceptors (Lipinski definition) is 4. The van der Waals surface area contributed by atoms with Crippen LogP contribution in [0.4, 0.5) is 0 Å². The van der Waals surface area contributed by atoms with E-state index in [0.29, 0.717) is 18.1 Å². The highest BCUT2D eigenvalue weighted by atomic mass is 35.5. The zero-order valence-corrected chi connectivity index (χ0v) is 10.3. The molecule has 0 saturated carbocycles. The number of sulfone groups is 1. The van der Waals surface area contributed by atoms with Crippen LogP contribution in [0.3, 0.4) is 0 Å². The first-order valence-corrected chi connectivity index (χ1v) is 7.30. The van der Waals surface area contributed by atoms with Crippen molar-refractivity contribution in [3.63, 3.8) is 0 Å². The Morgan fingerprint density at radius 2 is 2.38 bits per heavy atom. The predicted molar refractivity (Wildman–Crippen MR) is 63.1 cm³/mol. The largest absolute Gasteiger partial charge is 0.309 e. The summed E-state index contributed by atoms with van der Waals surface area (Å²) in [6.45, 7) is 0.562. The van der Waals surface area contributed by atoms with Crippen molar-refractivity contribution in [2.24, 2.45) is 0 Å². The Morgan fingerprint density at radius 1 is 1.56 bits per heavy atom. The van der Waals surface area contributed by atoms with Gasteiger partial charge in [-0.3, -0.25) is 0 Å². The lowest BCUT2D eigenvalue weighted by Gasteiger charge is -2.10. The third-order valence-corrected chi connectivity index (χ3v) is 4.76. The highest BCUT2D eigenvalue weighted by molar-refractivity contribution is 7.91. The molecule has 0 amide bonds. The van der Waals surface area contributed by atoms with Crippen molar-refractivity contribution >= 4 is 21.4 Å². The maximum absolute atomic E-state index is 11.2. The quantitative estimate of drug-likeness (QED) is 0.825. The van der Waals surface area contributed by atoms with Crippen LogP contribution in [-0.2, 0) is 16.4 Å². The van der Waals surface area contributed by atoms with Gasteiger partial charge in [0, 0.05) is 24.3 Å². The summed E-state index contributed by atoms with van der Waals surface area (Å²) in [4.78, 5) is 3.96. The predicted octanol–water partition coefficient (Wildman–Crippen LogP) is 1.01. The minimum atomic E-state index is -2.82. The van der Waals surface area contributed by atoms with Gasteiger partial charge in [-0.1, -0.05) is 17.7 Å². The Kier molecular flexibility index (Phi) is 3.47. The maximum atomic E-state index is 11.2. The fraction of sp³-hybridized carbons (Fsp3) is 0.500. The van der Waals surface area contributed by atoms with E-state index in [-0.39, 0.29) is 17.5 Å². The van der Waals surface area contributed by atoms with Crippen LogP contribution in [0.2, 0.25) is 5.15 Å². The molecule has 1 aromatic heterocycles. The number of aromatic nitrogens is 1. The van der Waals surface area contributed by atoms with Crippen molar-refractivity contribution in [3.8, 4) is 0 Å². The molecule has 1 N–H and O–H groups in total. The lowest BCUT2D eigenvalue weighted by Crippen LogP contribution is -2.29. The zero-order valence-electron chi connectivity index (χ0n) is 8.69. The number of nitrogens with one attached hydrogen (secondary N) is 1. The van der Waals surface area contributed by atoms with Crippen LogP contribution in [0.1, 0.15) is 12.0 Å². The number of nitrogens with zero attached hydrogens (tertiary/aromatic N) is 1. The van der Waals surface area contributed by atoms with Crippen molar-refractivity contribution in [2.75, 3.05) is 11.5 Å². The van der Waals surface area contributed by atoms with Gasteiger partial charge in [-0.15, -0.1) is 0 Å². The molecular formula is C10H13ClN2O2S. The normalized spacial score (nSPS) is 23.4. The topological polar surface area (TPSA) is 59.1 Å². The summed E-state index contributed by atoms with van der Waals surface area (Å²) in [5.74, 6) is 0.510. The summed E-state index contributed by atoms with van der Waals surface area (Å²) in [5.41, 5.74) is 0.897. The molecule has 1 fully saturated rings. The molecule has 4 nitrogen and oxygen atoms in total. The standard InChI is InChI=1S/C10H13ClN2O2S/c11-10-8(2-1-4-12-10)6-13-9-3-5-16(14,15)7-9/h1-2,4,9,13H,3,5-7H2. The van der Waals surface area contributed by atoms with E-state index in [9.17, 15) is 8.42 Å². The highest BCUT2D eigenvalue weighted by Gasteiger charge is 2.27. The van der Waals surface area contributed by atoms with Crippen molar-refractivity contribution in [1.82, 2.24) is 10.3 Å². The summed E-state index contributed by atoms with van der Waals surface area (Å²) < 4.78 is 22.5. The lowest BCUT2D eigenvalue weighted by molar-refractivity contribution is 0.553. The first kappa shape index (κ1) is 11.8. The molecule has 0 radical (unpaired) electrons. The Morgan fingerprint density at radius 3 is 3.00 bits per heavy atom. The molecule has 88 valence electrons. The molecule has 1 aromatic rings. The van der Waals surface area contributed by atoms with E-state index in [1.54, 1.807) is 6.20 Å². The first-order valence-electron chi connectivity index (χ1n) is 5.10. The molecule has 2 rings (SSSR count). The monoisotopic (exact) mass is 260 g/mol. The van der Waals surface area contributed by atoms with Crippen LogP contribution in [0.15, 0.2) is 18.3 Å². The van der Waals surface area contributed by atoms with Gasteiger partial charge in [0.15, 0.2) is 9.84 Å². The van der Waals surface area contributed by atoms with Gasteiger partial charge >= 0.3 is 0 Å². The summed E-state index contributed by atoms with van der Waals surface area (Å²) >= 11 is 5.90. The second kappa shape index (κ2) is 4.69. The molecule has 1 saturated heterocycles. The van der Waals surface area contributed by atoms with Crippen LogP contribution in [0, 0.1) is 0 Å². The van der Waals surface area contributed by atoms with Gasteiger partial charge in [0.2, 0.25) is 0 Å². The third kappa shape index (κ3) is 2.93. The molecule has 0 aliphatic carbocycles. The Hall–Kier alpha value is -0.650. The van der Waals surface area contributed by atoms with Crippen molar-refractivity contribution in [2.45, 2.75) is 19.0 Å². The van der Waals surface area contributed by atoms with E-state index in [1.165, 1.54) is 0 Å². The fourth-order valence-electron chi connectivity index (χ4n) is 1.76. The molecule has 1 aliphatic rings. The summed E-state index contributed by atoms with van der Waals surface area (Å²) in [7, 11) is -2.82. The van der Waals surface area contributed by atoms with E-state index in [4.69, 9.17) is 11.6 Å². The molecule has 1 unspecified atom stereocenters. The van der Waals surface area contributed by atoms with E-state index in [1.807, 2.05) is 12.1 Å². The van der Waals surface area contributed by atoms with E-state index < -0.39 is 9.84 Å². The number of pyridine rings is 1. The van der Waals surface area contributed by atoms with E-state index >= 15 is 0 Å². The Labute approximate surface area is 99.9 Å². The minimum Gasteiger partial charge on any atom is -0.309 e. The molecule has 6 heteroatoms. The van der Waals surface area contributed by atoms with E-state index in [2.05, 4.69) is 10.3 Å². The molecule has 16 heavy (non-hydrogen) atoms. The van der Waals surface area contributed by atoms with Crippen LogP contribution >= 0.6 is 11.6 Å². The van der Waals surface area contributed by atoms with Gasteiger partial charge < -0.3 is 5.32 Å². The van der Waals surface area contributed by atoms with Crippen LogP contribution in [0.25, 0.3) is 0 Å². The number of rotatable bonds is 3. The molecule has 1 aliphatic heterocycles. The SMILES string of the molecule is O=S1(=O)CCC(NCc2cccnc2Cl)C1. The van der Waals surface area contributed by atoms with Crippen LogP contribution in [0.5, 0.6) is 0 Å². The number of halogens is 1. The van der Waals surface area contributed by atoms with Crippen LogP contribution < -0.4 is 5.32 Å². The average Bonchev–Trinajstić information content (AvgIpc) is 2.57. The van der Waals surface area contributed by atoms with Crippen molar-refractivity contribution in [1.29, 1.82) is 0 Å². The van der Waals surface area contributed by atoms with E-state index in [0.717, 1.165) is 5.56 Å². The molecule has 1 atom stereocenters. The molecule has 2 heterocycles. The lowest BCUT2D eigenvalue weighted by atomic mass is 10.2. The van der Waals surface area contributed by atoms with Crippen LogP contribution in [-0.4, -0.2) is 30.9 Å². The summed E-state index contributed by atoms with van der Waals surface area (Å²) in [5, 5.41) is 3.66. The second-order valence-electron chi connectivity index (χ2n) is 3.93. The zero-order chi connectivity index (χ0) is 11.6. The van der Waals surface area contributed by atoms with Gasteiger partial charge in [0.05, 0.1) is 11.5 Å². The number of hydrogen-bond donors (Lipinski definition) is 1.